The van der Waals surface area contributed by atoms with Gasteiger partial charge < -0.3 is 9.42 Å². The Hall–Kier alpha value is -3.54. The zero-order valence-electron chi connectivity index (χ0n) is 17.0. The third-order valence-corrected chi connectivity index (χ3v) is 5.38. The summed E-state index contributed by atoms with van der Waals surface area (Å²) in [6, 6.07) is 7.62. The van der Waals surface area contributed by atoms with Crippen LogP contribution in [0.5, 0.6) is 0 Å². The molecule has 1 aliphatic rings. The van der Waals surface area contributed by atoms with Crippen LogP contribution in [0.15, 0.2) is 47.1 Å². The minimum absolute atomic E-state index is 0.0611. The van der Waals surface area contributed by atoms with E-state index in [4.69, 9.17) is 4.52 Å². The van der Waals surface area contributed by atoms with Crippen molar-refractivity contribution in [3.05, 3.63) is 64.2 Å². The molecule has 9 nitrogen and oxygen atoms in total. The summed E-state index contributed by atoms with van der Waals surface area (Å²) in [5, 5.41) is 14.6. The Kier molecular flexibility index (Phi) is 5.78. The van der Waals surface area contributed by atoms with Crippen LogP contribution >= 0.6 is 0 Å². The largest absolute Gasteiger partial charge is 0.416 e. The van der Waals surface area contributed by atoms with Gasteiger partial charge in [-0.25, -0.2) is 4.98 Å². The molecule has 4 rings (SSSR count). The fourth-order valence-electron chi connectivity index (χ4n) is 3.52. The first kappa shape index (κ1) is 21.7. The molecule has 32 heavy (non-hydrogen) atoms. The van der Waals surface area contributed by atoms with Crippen LogP contribution in [-0.2, 0) is 6.18 Å². The average Bonchev–Trinajstić information content (AvgIpc) is 3.29. The van der Waals surface area contributed by atoms with Crippen molar-refractivity contribution in [1.82, 2.24) is 20.0 Å². The lowest BCUT2D eigenvalue weighted by molar-refractivity contribution is -0.385. The quantitative estimate of drug-likeness (QED) is 0.427. The van der Waals surface area contributed by atoms with Crippen molar-refractivity contribution in [3.8, 4) is 11.4 Å². The van der Waals surface area contributed by atoms with Gasteiger partial charge in [0.25, 0.3) is 5.69 Å². The average molecular weight is 448 g/mol. The number of hydrogen-bond donors (Lipinski definition) is 0. The summed E-state index contributed by atoms with van der Waals surface area (Å²) < 4.78 is 44.2. The number of nitro groups is 1. The lowest BCUT2D eigenvalue weighted by atomic mass is 10.1. The van der Waals surface area contributed by atoms with E-state index in [1.54, 1.807) is 6.07 Å². The maximum Gasteiger partial charge on any atom is 0.416 e. The summed E-state index contributed by atoms with van der Waals surface area (Å²) in [5.41, 5.74) is -0.601. The molecule has 1 atom stereocenters. The molecule has 168 valence electrons. The highest BCUT2D eigenvalue weighted by atomic mass is 19.4. The van der Waals surface area contributed by atoms with E-state index >= 15 is 0 Å². The second-order valence-electron chi connectivity index (χ2n) is 7.37. The summed E-state index contributed by atoms with van der Waals surface area (Å²) in [6.07, 6.45) is -3.22. The third-order valence-electron chi connectivity index (χ3n) is 5.38. The molecule has 1 aromatic carbocycles. The van der Waals surface area contributed by atoms with Gasteiger partial charge in [0.15, 0.2) is 0 Å². The van der Waals surface area contributed by atoms with E-state index in [2.05, 4.69) is 20.0 Å². The number of anilines is 1. The Balaban J connectivity index is 1.40. The van der Waals surface area contributed by atoms with Crippen LogP contribution in [-0.4, -0.2) is 51.1 Å². The molecule has 0 radical (unpaired) electrons. The van der Waals surface area contributed by atoms with Gasteiger partial charge in [-0.2, -0.15) is 18.2 Å². The minimum Gasteiger partial charge on any atom is -0.354 e. The summed E-state index contributed by atoms with van der Waals surface area (Å²) >= 11 is 0. The molecule has 0 amide bonds. The number of halogens is 3. The van der Waals surface area contributed by atoms with Gasteiger partial charge in [0.1, 0.15) is 12.0 Å². The second-order valence-corrected chi connectivity index (χ2v) is 7.37. The van der Waals surface area contributed by atoms with Crippen LogP contribution in [0.25, 0.3) is 11.4 Å². The molecule has 3 heterocycles. The minimum atomic E-state index is -4.45. The van der Waals surface area contributed by atoms with Gasteiger partial charge in [0, 0.05) is 37.8 Å². The first-order chi connectivity index (χ1) is 15.2. The summed E-state index contributed by atoms with van der Waals surface area (Å²) in [4.78, 5) is 22.9. The van der Waals surface area contributed by atoms with Crippen LogP contribution in [0, 0.1) is 10.1 Å². The molecule has 0 N–H and O–H groups in total. The smallest absolute Gasteiger partial charge is 0.354 e. The van der Waals surface area contributed by atoms with E-state index in [0.29, 0.717) is 37.9 Å². The first-order valence-electron chi connectivity index (χ1n) is 9.83. The number of rotatable bonds is 5. The van der Waals surface area contributed by atoms with Crippen LogP contribution in [0.2, 0.25) is 0 Å². The van der Waals surface area contributed by atoms with E-state index in [0.717, 1.165) is 12.1 Å². The fourth-order valence-corrected chi connectivity index (χ4v) is 3.52. The molecule has 12 heteroatoms. The van der Waals surface area contributed by atoms with Gasteiger partial charge in [-0.05, 0) is 25.1 Å². The summed E-state index contributed by atoms with van der Waals surface area (Å²) in [7, 11) is 0. The molecule has 0 aliphatic carbocycles. The van der Waals surface area contributed by atoms with Crippen molar-refractivity contribution in [2.24, 2.45) is 0 Å². The highest BCUT2D eigenvalue weighted by Gasteiger charge is 2.31. The Morgan fingerprint density at radius 1 is 1.16 bits per heavy atom. The van der Waals surface area contributed by atoms with Crippen molar-refractivity contribution < 1.29 is 22.6 Å². The van der Waals surface area contributed by atoms with Gasteiger partial charge in [0.05, 0.1) is 16.5 Å². The topological polar surface area (TPSA) is 101 Å². The third kappa shape index (κ3) is 4.54. The molecule has 2 aromatic heterocycles. The molecule has 1 aliphatic heterocycles. The highest BCUT2D eigenvalue weighted by Crippen LogP contribution is 2.32. The van der Waals surface area contributed by atoms with Crippen molar-refractivity contribution in [1.29, 1.82) is 0 Å². The molecule has 1 saturated heterocycles. The monoisotopic (exact) mass is 448 g/mol. The van der Waals surface area contributed by atoms with Crippen LogP contribution in [0.3, 0.4) is 0 Å². The van der Waals surface area contributed by atoms with Crippen LogP contribution in [0.4, 0.5) is 24.7 Å². The van der Waals surface area contributed by atoms with Gasteiger partial charge in [-0.3, -0.25) is 15.0 Å². The first-order valence-corrected chi connectivity index (χ1v) is 9.83. The van der Waals surface area contributed by atoms with E-state index in [9.17, 15) is 23.3 Å². The predicted molar refractivity (Wildman–Crippen MR) is 108 cm³/mol. The maximum atomic E-state index is 13.0. The Morgan fingerprint density at radius 3 is 2.53 bits per heavy atom. The lowest BCUT2D eigenvalue weighted by Gasteiger charge is -2.37. The number of pyridine rings is 1. The Labute approximate surface area is 180 Å². The number of alkyl halides is 3. The summed E-state index contributed by atoms with van der Waals surface area (Å²) in [5.74, 6) is 1.08. The molecule has 0 spiro atoms. The number of hydrogen-bond acceptors (Lipinski definition) is 8. The molecule has 0 bridgehead atoms. The molecule has 3 aromatic rings. The molecule has 0 saturated carbocycles. The van der Waals surface area contributed by atoms with E-state index in [1.165, 1.54) is 24.4 Å². The van der Waals surface area contributed by atoms with Crippen molar-refractivity contribution in [3.63, 3.8) is 0 Å². The van der Waals surface area contributed by atoms with E-state index in [-0.39, 0.29) is 23.1 Å². The van der Waals surface area contributed by atoms with Crippen molar-refractivity contribution >= 4 is 11.5 Å². The highest BCUT2D eigenvalue weighted by molar-refractivity contribution is 5.55. The molecular formula is C20H19F3N6O3. The maximum absolute atomic E-state index is 13.0. The van der Waals surface area contributed by atoms with Crippen LogP contribution < -0.4 is 4.90 Å². The molecular weight excluding hydrogens is 429 g/mol. The molecule has 1 fully saturated rings. The summed E-state index contributed by atoms with van der Waals surface area (Å²) in [6.45, 7) is 4.49. The van der Waals surface area contributed by atoms with Gasteiger partial charge in [0.2, 0.25) is 11.7 Å². The van der Waals surface area contributed by atoms with E-state index < -0.39 is 16.7 Å². The Bertz CT molecular complexity index is 1090. The number of aromatic nitrogens is 3. The van der Waals surface area contributed by atoms with Crippen molar-refractivity contribution in [2.45, 2.75) is 19.1 Å². The van der Waals surface area contributed by atoms with Crippen LogP contribution in [0.1, 0.15) is 24.4 Å². The van der Waals surface area contributed by atoms with Gasteiger partial charge in [-0.15, -0.1) is 0 Å². The van der Waals surface area contributed by atoms with E-state index in [1.807, 2.05) is 11.8 Å². The Morgan fingerprint density at radius 2 is 1.91 bits per heavy atom. The van der Waals surface area contributed by atoms with Gasteiger partial charge in [-0.1, -0.05) is 17.3 Å². The van der Waals surface area contributed by atoms with Gasteiger partial charge >= 0.3 is 6.18 Å². The number of benzene rings is 1. The zero-order chi connectivity index (χ0) is 22.9. The lowest BCUT2D eigenvalue weighted by Crippen LogP contribution is -2.47. The fraction of sp³-hybridized carbons (Fsp3) is 0.350. The standard InChI is InChI=1S/C20H19F3N6O3/c1-13(19-25-18(26-32-19)14-3-2-4-15(11-14)20(21,22)23)27-7-9-28(10-8-27)17-6-5-16(12-24-17)29(30)31/h2-6,11-13H,7-10H2,1H3. The number of piperazine rings is 1. The SMILES string of the molecule is CC(c1nc(-c2cccc(C(F)(F)F)c2)no1)N1CCN(c2ccc([N+](=O)[O-])cn2)CC1. The number of nitrogens with zero attached hydrogens (tertiary/aromatic N) is 6. The normalized spacial score (nSPS) is 16.2. The second kappa shape index (κ2) is 8.54. The predicted octanol–water partition coefficient (Wildman–Crippen LogP) is 3.94. The molecule has 1 unspecified atom stereocenters. The zero-order valence-corrected chi connectivity index (χ0v) is 17.0. The van der Waals surface area contributed by atoms with Crippen molar-refractivity contribution in [2.75, 3.05) is 31.1 Å².